The van der Waals surface area contributed by atoms with Crippen molar-refractivity contribution in [2.75, 3.05) is 6.54 Å². The summed E-state index contributed by atoms with van der Waals surface area (Å²) in [5.74, 6) is -2.25. The van der Waals surface area contributed by atoms with Gasteiger partial charge in [0.25, 0.3) is 5.91 Å². The predicted molar refractivity (Wildman–Crippen MR) is 101 cm³/mol. The Morgan fingerprint density at radius 2 is 1.93 bits per heavy atom. The Hall–Kier alpha value is -2.84. The van der Waals surface area contributed by atoms with Crippen molar-refractivity contribution in [3.8, 4) is 0 Å². The highest BCUT2D eigenvalue weighted by molar-refractivity contribution is 5.98. The van der Waals surface area contributed by atoms with Gasteiger partial charge in [-0.15, -0.1) is 5.10 Å². The van der Waals surface area contributed by atoms with Crippen molar-refractivity contribution in [1.82, 2.24) is 5.01 Å². The van der Waals surface area contributed by atoms with E-state index < -0.39 is 28.9 Å². The number of benzene rings is 2. The zero-order valence-corrected chi connectivity index (χ0v) is 15.6. The van der Waals surface area contributed by atoms with Gasteiger partial charge in [-0.3, -0.25) is 4.79 Å². The third-order valence-electron chi connectivity index (χ3n) is 5.22. The van der Waals surface area contributed by atoms with Crippen molar-refractivity contribution in [3.05, 3.63) is 71.3 Å². The summed E-state index contributed by atoms with van der Waals surface area (Å²) in [5, 5.41) is 15.7. The Kier molecular flexibility index (Phi) is 4.84. The van der Waals surface area contributed by atoms with Crippen LogP contribution in [0, 0.1) is 11.6 Å². The van der Waals surface area contributed by atoms with Crippen LogP contribution in [-0.2, 0) is 15.3 Å². The number of ether oxygens (including phenoxy) is 1. The van der Waals surface area contributed by atoms with Crippen LogP contribution in [0.15, 0.2) is 53.6 Å². The van der Waals surface area contributed by atoms with E-state index in [2.05, 4.69) is 5.10 Å². The summed E-state index contributed by atoms with van der Waals surface area (Å²) in [6, 6.07) is 11.8. The highest BCUT2D eigenvalue weighted by Gasteiger charge is 2.58. The zero-order chi connectivity index (χ0) is 20.6. The smallest absolute Gasteiger partial charge is 0.278 e. The van der Waals surface area contributed by atoms with Crippen molar-refractivity contribution in [3.63, 3.8) is 0 Å². The Morgan fingerprint density at radius 1 is 1.21 bits per heavy atom. The molecule has 2 aliphatic rings. The second-order valence-electron chi connectivity index (χ2n) is 7.32. The molecular formula is C21H21F2N3O3. The molecule has 2 aromatic carbocycles. The maximum atomic E-state index is 14.4. The van der Waals surface area contributed by atoms with E-state index in [4.69, 9.17) is 10.5 Å². The normalized spacial score (nSPS) is 22.2. The van der Waals surface area contributed by atoms with Gasteiger partial charge in [-0.05, 0) is 44.0 Å². The second-order valence-corrected chi connectivity index (χ2v) is 7.32. The van der Waals surface area contributed by atoms with Gasteiger partial charge in [0, 0.05) is 12.0 Å². The average molecular weight is 401 g/mol. The summed E-state index contributed by atoms with van der Waals surface area (Å²) in [5.41, 5.74) is 3.16. The van der Waals surface area contributed by atoms with Crippen molar-refractivity contribution < 1.29 is 23.4 Å². The van der Waals surface area contributed by atoms with Crippen LogP contribution in [-0.4, -0.2) is 34.1 Å². The molecule has 1 amide bonds. The molecule has 4 rings (SSSR count). The molecular weight excluding hydrogens is 380 g/mol. The van der Waals surface area contributed by atoms with Crippen LogP contribution in [0.1, 0.15) is 36.8 Å². The first-order valence-corrected chi connectivity index (χ1v) is 9.45. The summed E-state index contributed by atoms with van der Waals surface area (Å²) in [6.45, 7) is 0.327. The summed E-state index contributed by atoms with van der Waals surface area (Å²) >= 11 is 0. The quantitative estimate of drug-likeness (QED) is 0.779. The number of carbonyl (C=O) groups is 1. The van der Waals surface area contributed by atoms with E-state index in [1.54, 1.807) is 24.3 Å². The molecule has 1 aliphatic carbocycles. The SMILES string of the molecule is NCCCC1(c2ccccc2)OC(c2cc(F)ccc2F)=NN1C(=O)C1(O)CC1. The van der Waals surface area contributed by atoms with Gasteiger partial charge in [-0.25, -0.2) is 8.78 Å². The van der Waals surface area contributed by atoms with Gasteiger partial charge in [0.2, 0.25) is 11.6 Å². The van der Waals surface area contributed by atoms with Crippen LogP contribution in [0.25, 0.3) is 0 Å². The number of halogens is 2. The molecule has 8 heteroatoms. The van der Waals surface area contributed by atoms with Crippen LogP contribution >= 0.6 is 0 Å². The molecule has 2 aromatic rings. The Bertz CT molecular complexity index is 963. The average Bonchev–Trinajstić information content (AvgIpc) is 3.37. The molecule has 1 heterocycles. The molecule has 0 radical (unpaired) electrons. The van der Waals surface area contributed by atoms with E-state index in [-0.39, 0.29) is 17.9 Å². The summed E-state index contributed by atoms with van der Waals surface area (Å²) in [6.07, 6.45) is 1.36. The van der Waals surface area contributed by atoms with Gasteiger partial charge >= 0.3 is 0 Å². The van der Waals surface area contributed by atoms with E-state index in [0.29, 0.717) is 31.4 Å². The minimum absolute atomic E-state index is 0.198. The number of hydrazone groups is 1. The fourth-order valence-corrected chi connectivity index (χ4v) is 3.43. The van der Waals surface area contributed by atoms with Gasteiger partial charge in [-0.2, -0.15) is 5.01 Å². The molecule has 1 saturated carbocycles. The van der Waals surface area contributed by atoms with E-state index in [9.17, 15) is 18.7 Å². The lowest BCUT2D eigenvalue weighted by Gasteiger charge is -2.36. The number of aliphatic hydroxyl groups is 1. The lowest BCUT2D eigenvalue weighted by molar-refractivity contribution is -0.164. The standard InChI is InChI=1S/C21H21F2N3O3/c22-15-7-8-17(23)16(13-15)18-25-26(19(27)20(28)10-11-20)21(29-18,9-4-12-24)14-5-2-1-3-6-14/h1-3,5-8,13,28H,4,9-12,24H2. The highest BCUT2D eigenvalue weighted by Crippen LogP contribution is 2.46. The number of carbonyl (C=O) groups excluding carboxylic acids is 1. The highest BCUT2D eigenvalue weighted by atomic mass is 19.1. The van der Waals surface area contributed by atoms with Crippen molar-refractivity contribution in [1.29, 1.82) is 0 Å². The molecule has 0 spiro atoms. The van der Waals surface area contributed by atoms with Crippen LogP contribution in [0.5, 0.6) is 0 Å². The number of rotatable bonds is 6. The number of nitrogens with zero attached hydrogens (tertiary/aromatic N) is 2. The first-order chi connectivity index (χ1) is 13.9. The lowest BCUT2D eigenvalue weighted by atomic mass is 9.95. The Morgan fingerprint density at radius 3 is 2.59 bits per heavy atom. The van der Waals surface area contributed by atoms with Gasteiger partial charge in [0.05, 0.1) is 5.56 Å². The van der Waals surface area contributed by atoms with Crippen LogP contribution < -0.4 is 5.73 Å². The molecule has 29 heavy (non-hydrogen) atoms. The number of nitrogens with two attached hydrogens (primary N) is 1. The molecule has 0 saturated heterocycles. The Labute approximate surface area is 166 Å². The first-order valence-electron chi connectivity index (χ1n) is 9.45. The predicted octanol–water partition coefficient (Wildman–Crippen LogP) is 2.60. The van der Waals surface area contributed by atoms with Crippen molar-refractivity contribution in [2.45, 2.75) is 37.0 Å². The van der Waals surface area contributed by atoms with Gasteiger partial charge in [-0.1, -0.05) is 30.3 Å². The number of hydrogen-bond donors (Lipinski definition) is 2. The van der Waals surface area contributed by atoms with E-state index in [1.807, 2.05) is 6.07 Å². The van der Waals surface area contributed by atoms with Crippen LogP contribution in [0.4, 0.5) is 8.78 Å². The summed E-state index contributed by atoms with van der Waals surface area (Å²) in [7, 11) is 0. The Balaban J connectivity index is 1.84. The molecule has 1 unspecified atom stereocenters. The number of hydrogen-bond acceptors (Lipinski definition) is 5. The van der Waals surface area contributed by atoms with Crippen LogP contribution in [0.3, 0.4) is 0 Å². The maximum Gasteiger partial charge on any atom is 0.278 e. The van der Waals surface area contributed by atoms with E-state index in [0.717, 1.165) is 23.2 Å². The largest absolute Gasteiger partial charge is 0.443 e. The molecule has 3 N–H and O–H groups in total. The monoisotopic (exact) mass is 401 g/mol. The maximum absolute atomic E-state index is 14.4. The van der Waals surface area contributed by atoms with Gasteiger partial charge < -0.3 is 15.6 Å². The molecule has 152 valence electrons. The topological polar surface area (TPSA) is 88.2 Å². The summed E-state index contributed by atoms with van der Waals surface area (Å²) < 4.78 is 34.3. The van der Waals surface area contributed by atoms with E-state index >= 15 is 0 Å². The fraction of sp³-hybridized carbons (Fsp3) is 0.333. The minimum Gasteiger partial charge on any atom is -0.443 e. The molecule has 0 aromatic heterocycles. The third kappa shape index (κ3) is 3.38. The number of amides is 1. The van der Waals surface area contributed by atoms with Gasteiger partial charge in [0.1, 0.15) is 17.2 Å². The lowest BCUT2D eigenvalue weighted by Crippen LogP contribution is -2.49. The third-order valence-corrected chi connectivity index (χ3v) is 5.22. The molecule has 1 fully saturated rings. The second kappa shape index (κ2) is 7.20. The first kappa shape index (κ1) is 19.5. The molecule has 1 atom stereocenters. The minimum atomic E-state index is -1.52. The zero-order valence-electron chi connectivity index (χ0n) is 15.6. The molecule has 1 aliphatic heterocycles. The van der Waals surface area contributed by atoms with Crippen molar-refractivity contribution >= 4 is 11.8 Å². The van der Waals surface area contributed by atoms with E-state index in [1.165, 1.54) is 0 Å². The molecule has 6 nitrogen and oxygen atoms in total. The molecule has 0 bridgehead atoms. The fourth-order valence-electron chi connectivity index (χ4n) is 3.43. The summed E-state index contributed by atoms with van der Waals surface area (Å²) in [4.78, 5) is 13.1. The van der Waals surface area contributed by atoms with Crippen LogP contribution in [0.2, 0.25) is 0 Å². The van der Waals surface area contributed by atoms with Gasteiger partial charge in [0.15, 0.2) is 0 Å². The van der Waals surface area contributed by atoms with Crippen molar-refractivity contribution in [2.24, 2.45) is 10.8 Å².